The van der Waals surface area contributed by atoms with E-state index in [0.717, 1.165) is 37.4 Å². The zero-order chi connectivity index (χ0) is 21.4. The lowest BCUT2D eigenvalue weighted by atomic mass is 10.1. The van der Waals surface area contributed by atoms with E-state index in [1.54, 1.807) is 6.07 Å². The average Bonchev–Trinajstić information content (AvgIpc) is 3.40. The van der Waals surface area contributed by atoms with Crippen molar-refractivity contribution in [1.29, 1.82) is 5.26 Å². The number of rotatable bonds is 4. The zero-order valence-electron chi connectivity index (χ0n) is 16.3. The molecule has 0 atom stereocenters. The first kappa shape index (κ1) is 18.9. The number of fused-ring (bicyclic) bond motifs is 3. The number of nitrogens with zero attached hydrogens (tertiary/aromatic N) is 2. The first-order valence-electron chi connectivity index (χ1n) is 9.69. The third-order valence-electron chi connectivity index (χ3n) is 5.24. The fourth-order valence-electron chi connectivity index (χ4n) is 3.85. The Morgan fingerprint density at radius 3 is 2.42 bits per heavy atom. The maximum absolute atomic E-state index is 11.1. The highest BCUT2D eigenvalue weighted by molar-refractivity contribution is 7.16. The number of hydrogen-bond acceptors (Lipinski definition) is 3. The Morgan fingerprint density at radius 1 is 0.903 bits per heavy atom. The van der Waals surface area contributed by atoms with Crippen molar-refractivity contribution in [2.75, 3.05) is 0 Å². The maximum Gasteiger partial charge on any atom is 0.346 e. The van der Waals surface area contributed by atoms with Gasteiger partial charge in [-0.15, -0.1) is 11.3 Å². The van der Waals surface area contributed by atoms with E-state index in [-0.39, 0.29) is 5.57 Å². The van der Waals surface area contributed by atoms with E-state index in [0.29, 0.717) is 0 Å². The highest BCUT2D eigenvalue weighted by atomic mass is 32.1. The van der Waals surface area contributed by atoms with Crippen LogP contribution in [0.4, 0.5) is 0 Å². The molecule has 0 fully saturated rings. The van der Waals surface area contributed by atoms with Gasteiger partial charge in [0, 0.05) is 26.2 Å². The summed E-state index contributed by atoms with van der Waals surface area (Å²) >= 11 is 1.47. The van der Waals surface area contributed by atoms with Crippen LogP contribution in [0.5, 0.6) is 0 Å². The highest BCUT2D eigenvalue weighted by Crippen LogP contribution is 2.36. The van der Waals surface area contributed by atoms with Crippen LogP contribution in [0.3, 0.4) is 0 Å². The summed E-state index contributed by atoms with van der Waals surface area (Å²) in [5, 5.41) is 20.4. The smallest absolute Gasteiger partial charge is 0.346 e. The summed E-state index contributed by atoms with van der Waals surface area (Å²) in [6.45, 7) is 0. The molecule has 31 heavy (non-hydrogen) atoms. The number of benzene rings is 3. The molecule has 5 heteroatoms. The van der Waals surface area contributed by atoms with Gasteiger partial charge in [0.1, 0.15) is 11.6 Å². The molecule has 0 bridgehead atoms. The molecule has 1 N–H and O–H groups in total. The SMILES string of the molecule is N#CC(=Cc1ccc(-c2ccc3c(c2)c2ccccc2n3-c2ccccc2)s1)C(=O)O. The molecule has 0 aliphatic rings. The number of carboxylic acids is 1. The third-order valence-corrected chi connectivity index (χ3v) is 6.32. The molecule has 0 unspecified atom stereocenters. The van der Waals surface area contributed by atoms with Crippen molar-refractivity contribution in [3.63, 3.8) is 0 Å². The highest BCUT2D eigenvalue weighted by Gasteiger charge is 2.14. The molecule has 2 heterocycles. The van der Waals surface area contributed by atoms with Crippen LogP contribution in [-0.2, 0) is 4.79 Å². The Hall–Kier alpha value is -4.14. The standard InChI is InChI=1S/C26H16N2O2S/c27-16-18(26(29)30)14-20-11-13-25(31-20)17-10-12-24-22(15-17)21-8-4-5-9-23(21)28(24)19-6-2-1-3-7-19/h1-15H,(H,29,30). The van der Waals surface area contributed by atoms with Crippen molar-refractivity contribution in [1.82, 2.24) is 4.57 Å². The molecule has 4 nitrogen and oxygen atoms in total. The average molecular weight is 420 g/mol. The van der Waals surface area contributed by atoms with Gasteiger partial charge in [0.05, 0.1) is 11.0 Å². The summed E-state index contributed by atoms with van der Waals surface area (Å²) in [7, 11) is 0. The quantitative estimate of drug-likeness (QED) is 0.266. The Balaban J connectivity index is 1.67. The Bertz CT molecular complexity index is 1520. The summed E-state index contributed by atoms with van der Waals surface area (Å²) in [6, 6.07) is 30.6. The van der Waals surface area contributed by atoms with Crippen LogP contribution in [-0.4, -0.2) is 15.6 Å². The van der Waals surface area contributed by atoms with Crippen LogP contribution >= 0.6 is 11.3 Å². The Kier molecular flexibility index (Phi) is 4.62. The van der Waals surface area contributed by atoms with Gasteiger partial charge in [-0.3, -0.25) is 0 Å². The van der Waals surface area contributed by atoms with Crippen molar-refractivity contribution in [3.05, 3.63) is 95.4 Å². The van der Waals surface area contributed by atoms with Gasteiger partial charge >= 0.3 is 5.97 Å². The van der Waals surface area contributed by atoms with E-state index in [1.807, 2.05) is 36.4 Å². The van der Waals surface area contributed by atoms with Crippen LogP contribution in [0.2, 0.25) is 0 Å². The molecule has 148 valence electrons. The maximum atomic E-state index is 11.1. The molecule has 3 aromatic carbocycles. The summed E-state index contributed by atoms with van der Waals surface area (Å²) in [5.41, 5.74) is 4.18. The predicted octanol–water partition coefficient (Wildman–Crippen LogP) is 6.50. The largest absolute Gasteiger partial charge is 0.477 e. The molecule has 0 saturated heterocycles. The van der Waals surface area contributed by atoms with Gasteiger partial charge in [-0.2, -0.15) is 5.26 Å². The molecule has 0 aliphatic carbocycles. The van der Waals surface area contributed by atoms with E-state index in [1.165, 1.54) is 22.8 Å². The normalized spacial score (nSPS) is 11.6. The van der Waals surface area contributed by atoms with Gasteiger partial charge in [0.25, 0.3) is 0 Å². The predicted molar refractivity (Wildman–Crippen MR) is 125 cm³/mol. The Labute approximate surface area is 182 Å². The van der Waals surface area contributed by atoms with Crippen molar-refractivity contribution < 1.29 is 9.90 Å². The first-order valence-corrected chi connectivity index (χ1v) is 10.5. The summed E-state index contributed by atoms with van der Waals surface area (Å²) < 4.78 is 2.27. The minimum atomic E-state index is -1.22. The van der Waals surface area contributed by atoms with Crippen molar-refractivity contribution >= 4 is 45.2 Å². The molecule has 2 aromatic heterocycles. The molecule has 0 aliphatic heterocycles. The topological polar surface area (TPSA) is 66.0 Å². The second-order valence-electron chi connectivity index (χ2n) is 7.10. The number of aliphatic carboxylic acids is 1. The van der Waals surface area contributed by atoms with E-state index >= 15 is 0 Å². The second kappa shape index (κ2) is 7.60. The number of nitriles is 1. The summed E-state index contributed by atoms with van der Waals surface area (Å²) in [4.78, 5) is 12.9. The first-order chi connectivity index (χ1) is 15.2. The van der Waals surface area contributed by atoms with Gasteiger partial charge in [0.15, 0.2) is 0 Å². The van der Waals surface area contributed by atoms with E-state index in [4.69, 9.17) is 10.4 Å². The number of carbonyl (C=O) groups is 1. The number of aromatic nitrogens is 1. The molecule has 5 aromatic rings. The van der Waals surface area contributed by atoms with E-state index < -0.39 is 5.97 Å². The lowest BCUT2D eigenvalue weighted by molar-refractivity contribution is -0.132. The molecular weight excluding hydrogens is 404 g/mol. The van der Waals surface area contributed by atoms with Crippen LogP contribution in [0, 0.1) is 11.3 Å². The van der Waals surface area contributed by atoms with Gasteiger partial charge in [0.2, 0.25) is 0 Å². The molecular formula is C26H16N2O2S. The van der Waals surface area contributed by atoms with Crippen LogP contribution in [0.25, 0.3) is 44.0 Å². The van der Waals surface area contributed by atoms with Gasteiger partial charge < -0.3 is 9.67 Å². The molecule has 0 saturated carbocycles. The van der Waals surface area contributed by atoms with Crippen molar-refractivity contribution in [2.45, 2.75) is 0 Å². The number of carboxylic acid groups (broad SMARTS) is 1. The third kappa shape index (κ3) is 3.29. The molecule has 5 rings (SSSR count). The fourth-order valence-corrected chi connectivity index (χ4v) is 4.80. The minimum Gasteiger partial charge on any atom is -0.477 e. The van der Waals surface area contributed by atoms with Crippen molar-refractivity contribution in [3.8, 4) is 22.2 Å². The lowest BCUT2D eigenvalue weighted by Crippen LogP contribution is -1.96. The van der Waals surface area contributed by atoms with Crippen LogP contribution in [0.1, 0.15) is 4.88 Å². The molecule has 0 spiro atoms. The second-order valence-corrected chi connectivity index (χ2v) is 8.21. The van der Waals surface area contributed by atoms with Crippen LogP contribution in [0.15, 0.2) is 90.5 Å². The minimum absolute atomic E-state index is 0.269. The van der Waals surface area contributed by atoms with Crippen LogP contribution < -0.4 is 0 Å². The monoisotopic (exact) mass is 420 g/mol. The van der Waals surface area contributed by atoms with E-state index in [2.05, 4.69) is 53.1 Å². The van der Waals surface area contributed by atoms with Gasteiger partial charge in [-0.1, -0.05) is 42.5 Å². The Morgan fingerprint density at radius 2 is 1.65 bits per heavy atom. The van der Waals surface area contributed by atoms with Gasteiger partial charge in [-0.25, -0.2) is 4.79 Å². The summed E-state index contributed by atoms with van der Waals surface area (Å²) in [6.07, 6.45) is 1.41. The summed E-state index contributed by atoms with van der Waals surface area (Å²) in [5.74, 6) is -1.22. The molecule has 0 radical (unpaired) electrons. The number of para-hydroxylation sites is 2. The fraction of sp³-hybridized carbons (Fsp3) is 0. The van der Waals surface area contributed by atoms with Crippen molar-refractivity contribution in [2.24, 2.45) is 0 Å². The zero-order valence-corrected chi connectivity index (χ0v) is 17.1. The lowest BCUT2D eigenvalue weighted by Gasteiger charge is -2.07. The van der Waals surface area contributed by atoms with E-state index in [9.17, 15) is 4.79 Å². The molecule has 0 amide bonds. The number of thiophene rings is 1. The van der Waals surface area contributed by atoms with Gasteiger partial charge in [-0.05, 0) is 54.1 Å². The number of hydrogen-bond donors (Lipinski definition) is 1.